The molecule has 21 heavy (non-hydrogen) atoms. The molecule has 0 unspecified atom stereocenters. The zero-order valence-electron chi connectivity index (χ0n) is 13.6. The summed E-state index contributed by atoms with van der Waals surface area (Å²) < 4.78 is 4.74. The summed E-state index contributed by atoms with van der Waals surface area (Å²) in [6.07, 6.45) is 17.4. The van der Waals surface area contributed by atoms with Gasteiger partial charge in [0.25, 0.3) is 0 Å². The molecule has 0 radical (unpaired) electrons. The molecule has 0 N–H and O–H groups in total. The predicted molar refractivity (Wildman–Crippen MR) is 98.0 cm³/mol. The average molecular weight is 333 g/mol. The molecule has 0 aliphatic heterocycles. The highest BCUT2D eigenvalue weighted by molar-refractivity contribution is 8.10. The Morgan fingerprint density at radius 1 is 0.810 bits per heavy atom. The van der Waals surface area contributed by atoms with Gasteiger partial charge in [-0.25, -0.2) is 0 Å². The van der Waals surface area contributed by atoms with Crippen LogP contribution in [0.5, 0.6) is 0 Å². The summed E-state index contributed by atoms with van der Waals surface area (Å²) in [6, 6.07) is 0. The van der Waals surface area contributed by atoms with Crippen molar-refractivity contribution in [1.82, 2.24) is 0 Å². The summed E-state index contributed by atoms with van der Waals surface area (Å²) in [5.41, 5.74) is 0. The SMILES string of the molecule is CCCCCCCCCCCCCCCC(=O)OC(=S)S. The fourth-order valence-electron chi connectivity index (χ4n) is 2.44. The first kappa shape index (κ1) is 20.9. The quantitative estimate of drug-likeness (QED) is 0.177. The van der Waals surface area contributed by atoms with Crippen LogP contribution >= 0.6 is 24.8 Å². The molecule has 0 aromatic carbocycles. The largest absolute Gasteiger partial charge is 0.409 e. The van der Waals surface area contributed by atoms with Gasteiger partial charge in [-0.3, -0.25) is 4.79 Å². The van der Waals surface area contributed by atoms with Crippen LogP contribution in [0.3, 0.4) is 0 Å². The van der Waals surface area contributed by atoms with E-state index in [1.807, 2.05) is 0 Å². The monoisotopic (exact) mass is 332 g/mol. The Kier molecular flexibility index (Phi) is 16.2. The van der Waals surface area contributed by atoms with Gasteiger partial charge in [-0.2, -0.15) is 0 Å². The molecule has 124 valence electrons. The van der Waals surface area contributed by atoms with E-state index < -0.39 is 0 Å². The lowest BCUT2D eigenvalue weighted by atomic mass is 10.0. The van der Waals surface area contributed by atoms with Crippen molar-refractivity contribution in [3.63, 3.8) is 0 Å². The van der Waals surface area contributed by atoms with E-state index in [9.17, 15) is 4.79 Å². The van der Waals surface area contributed by atoms with Crippen molar-refractivity contribution in [1.29, 1.82) is 0 Å². The molecule has 0 spiro atoms. The standard InChI is InChI=1S/C17H32O2S2/c1-2-3-4-5-6-7-8-9-10-11-12-13-14-15-16(18)19-17(20)21/h2-15H2,1H3,(H,20,21). The van der Waals surface area contributed by atoms with Gasteiger partial charge in [-0.1, -0.05) is 96.6 Å². The van der Waals surface area contributed by atoms with Crippen molar-refractivity contribution in [2.24, 2.45) is 0 Å². The second-order valence-corrected chi connectivity index (χ2v) is 6.81. The van der Waals surface area contributed by atoms with Gasteiger partial charge in [0.2, 0.25) is 4.38 Å². The average Bonchev–Trinajstić information content (AvgIpc) is 2.43. The van der Waals surface area contributed by atoms with Crippen molar-refractivity contribution < 1.29 is 9.53 Å². The minimum absolute atomic E-state index is 0.0229. The molecule has 0 fully saturated rings. The molecule has 0 heterocycles. The summed E-state index contributed by atoms with van der Waals surface area (Å²) in [5, 5.41) is 0. The van der Waals surface area contributed by atoms with E-state index in [-0.39, 0.29) is 10.4 Å². The molecular weight excluding hydrogens is 300 g/mol. The van der Waals surface area contributed by atoms with Gasteiger partial charge in [-0.05, 0) is 18.6 Å². The molecular formula is C17H32O2S2. The van der Waals surface area contributed by atoms with E-state index in [1.165, 1.54) is 70.6 Å². The van der Waals surface area contributed by atoms with Crippen LogP contribution in [0, 0.1) is 0 Å². The Bertz CT molecular complexity index is 268. The number of ether oxygens (including phenoxy) is 1. The van der Waals surface area contributed by atoms with Crippen LogP contribution < -0.4 is 0 Å². The number of carbonyl (C=O) groups is 1. The van der Waals surface area contributed by atoms with E-state index in [0.717, 1.165) is 12.8 Å². The number of unbranched alkanes of at least 4 members (excludes halogenated alkanes) is 12. The number of rotatable bonds is 14. The van der Waals surface area contributed by atoms with Gasteiger partial charge in [0, 0.05) is 6.42 Å². The molecule has 0 amide bonds. The third-order valence-electron chi connectivity index (χ3n) is 3.69. The van der Waals surface area contributed by atoms with Gasteiger partial charge in [0.15, 0.2) is 0 Å². The number of hydrogen-bond acceptors (Lipinski definition) is 3. The van der Waals surface area contributed by atoms with Crippen molar-refractivity contribution in [2.45, 2.75) is 96.8 Å². The highest BCUT2D eigenvalue weighted by Gasteiger charge is 2.03. The van der Waals surface area contributed by atoms with Crippen LogP contribution in [-0.2, 0) is 9.53 Å². The second-order valence-electron chi connectivity index (χ2n) is 5.73. The maximum atomic E-state index is 11.2. The highest BCUT2D eigenvalue weighted by Crippen LogP contribution is 2.13. The zero-order chi connectivity index (χ0) is 15.8. The Balaban J connectivity index is 3.09. The van der Waals surface area contributed by atoms with E-state index in [0.29, 0.717) is 6.42 Å². The molecule has 0 aromatic heterocycles. The summed E-state index contributed by atoms with van der Waals surface area (Å²) in [5.74, 6) is -0.252. The van der Waals surface area contributed by atoms with Crippen molar-refractivity contribution in [2.75, 3.05) is 0 Å². The van der Waals surface area contributed by atoms with Gasteiger partial charge < -0.3 is 4.74 Å². The molecule has 0 bridgehead atoms. The molecule has 4 heteroatoms. The van der Waals surface area contributed by atoms with Gasteiger partial charge in [0.1, 0.15) is 0 Å². The summed E-state index contributed by atoms with van der Waals surface area (Å²) in [7, 11) is 0. The predicted octanol–water partition coefficient (Wildman–Crippen LogP) is 6.23. The molecule has 0 aliphatic carbocycles. The summed E-state index contributed by atoms with van der Waals surface area (Å²) in [6.45, 7) is 2.26. The van der Waals surface area contributed by atoms with E-state index in [2.05, 4.69) is 31.8 Å². The fraction of sp³-hybridized carbons (Fsp3) is 0.882. The minimum atomic E-state index is -0.252. The fourth-order valence-corrected chi connectivity index (χ4v) is 2.63. The Morgan fingerprint density at radius 2 is 1.19 bits per heavy atom. The Morgan fingerprint density at radius 3 is 1.57 bits per heavy atom. The normalized spacial score (nSPS) is 10.6. The van der Waals surface area contributed by atoms with Crippen molar-refractivity contribution >= 4 is 35.2 Å². The number of carbonyl (C=O) groups excluding carboxylic acids is 1. The second kappa shape index (κ2) is 16.3. The van der Waals surface area contributed by atoms with E-state index >= 15 is 0 Å². The molecule has 0 atom stereocenters. The van der Waals surface area contributed by atoms with Gasteiger partial charge in [0.05, 0.1) is 0 Å². The number of thiol groups is 1. The smallest absolute Gasteiger partial charge is 0.312 e. The zero-order valence-corrected chi connectivity index (χ0v) is 15.3. The van der Waals surface area contributed by atoms with Crippen LogP contribution in [0.4, 0.5) is 0 Å². The van der Waals surface area contributed by atoms with E-state index in [4.69, 9.17) is 4.74 Å². The Hall–Kier alpha value is -0.0900. The number of hydrogen-bond donors (Lipinski definition) is 1. The first-order chi connectivity index (χ1) is 10.2. The first-order valence-corrected chi connectivity index (χ1v) is 9.46. The third kappa shape index (κ3) is 17.9. The molecule has 0 aliphatic rings. The summed E-state index contributed by atoms with van der Waals surface area (Å²) >= 11 is 8.36. The van der Waals surface area contributed by atoms with Crippen molar-refractivity contribution in [3.05, 3.63) is 0 Å². The molecule has 0 rings (SSSR count). The number of esters is 1. The first-order valence-electron chi connectivity index (χ1n) is 8.60. The summed E-state index contributed by atoms with van der Waals surface area (Å²) in [4.78, 5) is 11.2. The number of thiocarbonyl (C=S) groups is 1. The van der Waals surface area contributed by atoms with Crippen LogP contribution in [0.15, 0.2) is 0 Å². The lowest BCUT2D eigenvalue weighted by Gasteiger charge is -2.03. The third-order valence-corrected chi connectivity index (χ3v) is 3.86. The van der Waals surface area contributed by atoms with Crippen LogP contribution in [0.25, 0.3) is 0 Å². The van der Waals surface area contributed by atoms with Crippen LogP contribution in [-0.4, -0.2) is 10.4 Å². The van der Waals surface area contributed by atoms with Crippen molar-refractivity contribution in [3.8, 4) is 0 Å². The lowest BCUT2D eigenvalue weighted by molar-refractivity contribution is -0.135. The maximum absolute atomic E-state index is 11.2. The van der Waals surface area contributed by atoms with Gasteiger partial charge in [-0.15, -0.1) is 0 Å². The van der Waals surface area contributed by atoms with Crippen LogP contribution in [0.1, 0.15) is 96.8 Å². The Labute approximate surface area is 141 Å². The molecule has 0 aromatic rings. The molecule has 0 saturated carbocycles. The lowest BCUT2D eigenvalue weighted by Crippen LogP contribution is -2.05. The topological polar surface area (TPSA) is 26.3 Å². The highest BCUT2D eigenvalue weighted by atomic mass is 32.1. The van der Waals surface area contributed by atoms with E-state index in [1.54, 1.807) is 0 Å². The minimum Gasteiger partial charge on any atom is -0.409 e. The maximum Gasteiger partial charge on any atom is 0.312 e. The molecule has 2 nitrogen and oxygen atoms in total. The molecule has 0 saturated heterocycles. The van der Waals surface area contributed by atoms with Crippen LogP contribution in [0.2, 0.25) is 0 Å². The van der Waals surface area contributed by atoms with Gasteiger partial charge >= 0.3 is 5.97 Å².